The molecular formula is C17H17N3O. The normalized spacial score (nSPS) is 11.0. The van der Waals surface area contributed by atoms with Crippen molar-refractivity contribution in [2.75, 3.05) is 0 Å². The molecule has 0 saturated heterocycles. The Balaban J connectivity index is 1.95. The molecule has 0 unspecified atom stereocenters. The Morgan fingerprint density at radius 1 is 1.24 bits per heavy atom. The fraction of sp³-hybridized carbons (Fsp3) is 0.235. The Morgan fingerprint density at radius 3 is 2.81 bits per heavy atom. The van der Waals surface area contributed by atoms with Crippen LogP contribution in [-0.4, -0.2) is 20.5 Å². The van der Waals surface area contributed by atoms with Crippen LogP contribution < -0.4 is 0 Å². The zero-order valence-electron chi connectivity index (χ0n) is 12.2. The van der Waals surface area contributed by atoms with E-state index in [2.05, 4.69) is 17.0 Å². The Morgan fingerprint density at radius 2 is 2.05 bits per heavy atom. The van der Waals surface area contributed by atoms with E-state index in [4.69, 9.17) is 0 Å². The molecule has 2 heterocycles. The van der Waals surface area contributed by atoms with Gasteiger partial charge in [0.1, 0.15) is 0 Å². The lowest BCUT2D eigenvalue weighted by Gasteiger charge is -2.05. The molecule has 3 rings (SSSR count). The van der Waals surface area contributed by atoms with Crippen LogP contribution in [0, 0.1) is 0 Å². The van der Waals surface area contributed by atoms with Crippen LogP contribution in [0.2, 0.25) is 0 Å². The second-order valence-corrected chi connectivity index (χ2v) is 5.08. The lowest BCUT2D eigenvalue weighted by atomic mass is 10.0. The summed E-state index contributed by atoms with van der Waals surface area (Å²) < 4.78 is 1.79. The third kappa shape index (κ3) is 2.57. The van der Waals surface area contributed by atoms with Gasteiger partial charge in [-0.2, -0.15) is 5.10 Å². The van der Waals surface area contributed by atoms with Gasteiger partial charge in [-0.1, -0.05) is 25.1 Å². The predicted molar refractivity (Wildman–Crippen MR) is 82.4 cm³/mol. The molecule has 0 aliphatic rings. The van der Waals surface area contributed by atoms with Crippen molar-refractivity contribution in [2.24, 2.45) is 7.05 Å². The number of aromatic nitrogens is 3. The molecule has 0 aliphatic carbocycles. The number of hydrogen-bond acceptors (Lipinski definition) is 3. The number of aryl methyl sites for hydroxylation is 2. The number of carbonyl (C=O) groups excluding carboxylic acids is 1. The topological polar surface area (TPSA) is 47.8 Å². The predicted octanol–water partition coefficient (Wildman–Crippen LogP) is 2.96. The number of fused-ring (bicyclic) bond motifs is 1. The van der Waals surface area contributed by atoms with E-state index in [0.29, 0.717) is 12.0 Å². The highest BCUT2D eigenvalue weighted by molar-refractivity contribution is 6.07. The van der Waals surface area contributed by atoms with Crippen molar-refractivity contribution in [3.63, 3.8) is 0 Å². The number of para-hydroxylation sites is 1. The minimum Gasteiger partial charge on any atom is -0.294 e. The zero-order valence-corrected chi connectivity index (χ0v) is 12.2. The Bertz CT molecular complexity index is 799. The SMILES string of the molecule is CCc1cc(CC(=O)c2cccc3cccnc23)n(C)n1. The summed E-state index contributed by atoms with van der Waals surface area (Å²) in [5.74, 6) is 0.0740. The minimum atomic E-state index is 0.0740. The van der Waals surface area contributed by atoms with E-state index < -0.39 is 0 Å². The average molecular weight is 279 g/mol. The zero-order chi connectivity index (χ0) is 14.8. The first-order valence-electron chi connectivity index (χ1n) is 7.07. The van der Waals surface area contributed by atoms with Gasteiger partial charge in [-0.3, -0.25) is 14.5 Å². The molecule has 4 heteroatoms. The molecule has 3 aromatic rings. The number of pyridine rings is 1. The largest absolute Gasteiger partial charge is 0.294 e. The van der Waals surface area contributed by atoms with Crippen LogP contribution in [0.25, 0.3) is 10.9 Å². The summed E-state index contributed by atoms with van der Waals surface area (Å²) in [4.78, 5) is 16.9. The summed E-state index contributed by atoms with van der Waals surface area (Å²) in [6, 6.07) is 11.6. The molecule has 106 valence electrons. The average Bonchev–Trinajstić information content (AvgIpc) is 2.87. The first-order chi connectivity index (χ1) is 10.2. The van der Waals surface area contributed by atoms with Gasteiger partial charge in [-0.05, 0) is 24.6 Å². The Kier molecular flexibility index (Phi) is 3.52. The highest BCUT2D eigenvalue weighted by atomic mass is 16.1. The molecule has 0 spiro atoms. The molecule has 0 fully saturated rings. The van der Waals surface area contributed by atoms with Gasteiger partial charge in [0, 0.05) is 29.9 Å². The molecule has 2 aromatic heterocycles. The summed E-state index contributed by atoms with van der Waals surface area (Å²) in [6.07, 6.45) is 2.94. The third-order valence-electron chi connectivity index (χ3n) is 3.66. The van der Waals surface area contributed by atoms with Gasteiger partial charge >= 0.3 is 0 Å². The number of Topliss-reactive ketones (excluding diaryl/α,β-unsaturated/α-hetero) is 1. The van der Waals surface area contributed by atoms with E-state index in [1.807, 2.05) is 43.4 Å². The van der Waals surface area contributed by atoms with E-state index in [0.717, 1.165) is 28.7 Å². The first kappa shape index (κ1) is 13.5. The summed E-state index contributed by atoms with van der Waals surface area (Å²) in [7, 11) is 1.88. The highest BCUT2D eigenvalue weighted by Gasteiger charge is 2.14. The molecule has 4 nitrogen and oxygen atoms in total. The van der Waals surface area contributed by atoms with E-state index >= 15 is 0 Å². The van der Waals surface area contributed by atoms with E-state index in [9.17, 15) is 4.79 Å². The maximum absolute atomic E-state index is 12.6. The third-order valence-corrected chi connectivity index (χ3v) is 3.66. The van der Waals surface area contributed by atoms with E-state index in [1.165, 1.54) is 0 Å². The minimum absolute atomic E-state index is 0.0740. The number of hydrogen-bond donors (Lipinski definition) is 0. The summed E-state index contributed by atoms with van der Waals surface area (Å²) >= 11 is 0. The monoisotopic (exact) mass is 279 g/mol. The first-order valence-corrected chi connectivity index (χ1v) is 7.07. The highest BCUT2D eigenvalue weighted by Crippen LogP contribution is 2.18. The van der Waals surface area contributed by atoms with E-state index in [-0.39, 0.29) is 5.78 Å². The lowest BCUT2D eigenvalue weighted by molar-refractivity contribution is 0.0992. The fourth-order valence-electron chi connectivity index (χ4n) is 2.50. The maximum Gasteiger partial charge on any atom is 0.170 e. The van der Waals surface area contributed by atoms with Crippen LogP contribution in [0.5, 0.6) is 0 Å². The van der Waals surface area contributed by atoms with Crippen molar-refractivity contribution in [2.45, 2.75) is 19.8 Å². The van der Waals surface area contributed by atoms with Crippen LogP contribution in [0.15, 0.2) is 42.6 Å². The van der Waals surface area contributed by atoms with Gasteiger partial charge in [0.25, 0.3) is 0 Å². The van der Waals surface area contributed by atoms with Crippen molar-refractivity contribution in [3.8, 4) is 0 Å². The van der Waals surface area contributed by atoms with Gasteiger partial charge in [0.15, 0.2) is 5.78 Å². The molecule has 1 aromatic carbocycles. The van der Waals surface area contributed by atoms with Crippen molar-refractivity contribution in [1.29, 1.82) is 0 Å². The number of carbonyl (C=O) groups is 1. The summed E-state index contributed by atoms with van der Waals surface area (Å²) in [5.41, 5.74) is 3.39. The molecule has 0 N–H and O–H groups in total. The van der Waals surface area contributed by atoms with Crippen molar-refractivity contribution >= 4 is 16.7 Å². The van der Waals surface area contributed by atoms with Crippen molar-refractivity contribution in [1.82, 2.24) is 14.8 Å². The molecule has 0 aliphatic heterocycles. The number of ketones is 1. The van der Waals surface area contributed by atoms with Gasteiger partial charge in [0.2, 0.25) is 0 Å². The van der Waals surface area contributed by atoms with Crippen molar-refractivity contribution in [3.05, 3.63) is 59.5 Å². The van der Waals surface area contributed by atoms with Gasteiger partial charge in [0.05, 0.1) is 17.6 Å². The Hall–Kier alpha value is -2.49. The van der Waals surface area contributed by atoms with E-state index in [1.54, 1.807) is 10.9 Å². The lowest BCUT2D eigenvalue weighted by Crippen LogP contribution is -2.08. The summed E-state index contributed by atoms with van der Waals surface area (Å²) in [5, 5.41) is 5.38. The standard InChI is InChI=1S/C17H17N3O/c1-3-13-10-14(20(2)19-13)11-16(21)15-8-4-6-12-7-5-9-18-17(12)15/h4-10H,3,11H2,1-2H3. The molecule has 0 radical (unpaired) electrons. The number of nitrogens with zero attached hydrogens (tertiary/aromatic N) is 3. The van der Waals surface area contributed by atoms with Gasteiger partial charge < -0.3 is 0 Å². The number of rotatable bonds is 4. The molecule has 0 bridgehead atoms. The van der Waals surface area contributed by atoms with Crippen LogP contribution in [0.3, 0.4) is 0 Å². The second-order valence-electron chi connectivity index (χ2n) is 5.08. The molecule has 0 saturated carbocycles. The number of benzene rings is 1. The van der Waals surface area contributed by atoms with Gasteiger partial charge in [-0.25, -0.2) is 0 Å². The van der Waals surface area contributed by atoms with Gasteiger partial charge in [-0.15, -0.1) is 0 Å². The maximum atomic E-state index is 12.6. The van der Waals surface area contributed by atoms with Crippen LogP contribution in [-0.2, 0) is 19.9 Å². The second kappa shape index (κ2) is 5.48. The Labute approximate surface area is 123 Å². The van der Waals surface area contributed by atoms with Crippen LogP contribution in [0.1, 0.15) is 28.7 Å². The quantitative estimate of drug-likeness (QED) is 0.690. The van der Waals surface area contributed by atoms with Crippen LogP contribution in [0.4, 0.5) is 0 Å². The molecule has 0 amide bonds. The smallest absolute Gasteiger partial charge is 0.170 e. The molecule has 21 heavy (non-hydrogen) atoms. The van der Waals surface area contributed by atoms with Crippen LogP contribution >= 0.6 is 0 Å². The fourth-order valence-corrected chi connectivity index (χ4v) is 2.50. The van der Waals surface area contributed by atoms with Crippen molar-refractivity contribution < 1.29 is 4.79 Å². The summed E-state index contributed by atoms with van der Waals surface area (Å²) in [6.45, 7) is 2.06. The molecule has 0 atom stereocenters. The molecular weight excluding hydrogens is 262 g/mol.